The molecule has 1 saturated heterocycles. The van der Waals surface area contributed by atoms with Crippen molar-refractivity contribution in [1.29, 1.82) is 0 Å². The number of nitrogens with two attached hydrogens (primary N) is 1. The van der Waals surface area contributed by atoms with Gasteiger partial charge in [0, 0.05) is 6.54 Å². The number of nitrogens with one attached hydrogen (secondary N) is 2. The molecule has 15 nitrogen and oxygen atoms in total. The molecule has 1 aliphatic rings. The second-order valence-electron chi connectivity index (χ2n) is 7.32. The summed E-state index contributed by atoms with van der Waals surface area (Å²) < 4.78 is 8.31. The molecule has 0 saturated carbocycles. The summed E-state index contributed by atoms with van der Waals surface area (Å²) in [6, 6.07) is 0. The molecule has 4 aromatic rings. The molecule has 33 heavy (non-hydrogen) atoms. The summed E-state index contributed by atoms with van der Waals surface area (Å²) in [5.74, 6) is 0.218. The van der Waals surface area contributed by atoms with Crippen molar-refractivity contribution in [2.45, 2.75) is 44.4 Å². The lowest BCUT2D eigenvalue weighted by Gasteiger charge is -2.16. The molecule has 0 amide bonds. The Balaban J connectivity index is 0.000000165. The van der Waals surface area contributed by atoms with Crippen LogP contribution in [-0.4, -0.2) is 79.3 Å². The molecular weight excluding hydrogens is 438 g/mol. The predicted octanol–water partition coefficient (Wildman–Crippen LogP) is -2.16. The van der Waals surface area contributed by atoms with Gasteiger partial charge in [0.05, 0.1) is 19.3 Å². The molecule has 1 fully saturated rings. The highest BCUT2D eigenvalue weighted by molar-refractivity contribution is 5.81. The number of hydrogen-bond donors (Lipinski definition) is 6. The van der Waals surface area contributed by atoms with Crippen LogP contribution >= 0.6 is 0 Å². The summed E-state index contributed by atoms with van der Waals surface area (Å²) in [4.78, 5) is 43.4. The van der Waals surface area contributed by atoms with E-state index in [1.807, 2.05) is 6.92 Å². The molecule has 0 unspecified atom stereocenters. The van der Waals surface area contributed by atoms with Gasteiger partial charge in [0.15, 0.2) is 23.3 Å². The lowest BCUT2D eigenvalue weighted by molar-refractivity contribution is -0.0511. The number of anilines is 1. The number of ether oxygens (including phenoxy) is 1. The van der Waals surface area contributed by atoms with Gasteiger partial charge in [-0.25, -0.2) is 24.7 Å². The molecule has 0 aromatic carbocycles. The molecule has 0 spiro atoms. The van der Waals surface area contributed by atoms with Gasteiger partial charge in [0.2, 0.25) is 0 Å². The molecule has 0 bridgehead atoms. The van der Waals surface area contributed by atoms with Crippen LogP contribution in [0.1, 0.15) is 19.6 Å². The first-order valence-corrected chi connectivity index (χ1v) is 10.1. The van der Waals surface area contributed by atoms with Gasteiger partial charge in [-0.15, -0.1) is 0 Å². The Morgan fingerprint density at radius 2 is 1.94 bits per heavy atom. The van der Waals surface area contributed by atoms with Gasteiger partial charge in [-0.05, 0) is 6.42 Å². The fourth-order valence-electron chi connectivity index (χ4n) is 3.58. The number of hydrogen-bond acceptors (Lipinski definition) is 11. The molecule has 0 aliphatic carbocycles. The fraction of sp³-hybridized carbons (Fsp3) is 0.444. The number of aliphatic hydroxyl groups is 3. The Kier molecular flexibility index (Phi) is 6.19. The first-order valence-electron chi connectivity index (χ1n) is 10.1. The van der Waals surface area contributed by atoms with Gasteiger partial charge in [-0.3, -0.25) is 18.9 Å². The lowest BCUT2D eigenvalue weighted by Crippen LogP contribution is -2.33. The van der Waals surface area contributed by atoms with Crippen LogP contribution in [0.3, 0.4) is 0 Å². The van der Waals surface area contributed by atoms with Crippen LogP contribution in [0.25, 0.3) is 22.3 Å². The summed E-state index contributed by atoms with van der Waals surface area (Å²) in [7, 11) is 0. The summed E-state index contributed by atoms with van der Waals surface area (Å²) in [5.41, 5.74) is 6.38. The van der Waals surface area contributed by atoms with Gasteiger partial charge in [0.1, 0.15) is 35.7 Å². The number of aromatic nitrogens is 8. The second-order valence-corrected chi connectivity index (χ2v) is 7.32. The Labute approximate surface area is 184 Å². The standard InChI is InChI=1S/C10H13N5O4.C8H10N4O2/c11-8-5-9(13-2-12-8)15(3-14-5)10-7(18)6(17)4(1-16)19-10;1-2-3-12-6-5(9-4-10-6)7(13)11-8(12)14/h2-4,6-7,10,16-18H,1H2,(H2,11,12,13);4H,2-3H2,1H3,(H,9,10)(H,11,13,14)/t4-,6-,7-,10-;/m1./s1. The van der Waals surface area contributed by atoms with E-state index in [4.69, 9.17) is 15.6 Å². The molecule has 1 aliphatic heterocycles. The average Bonchev–Trinajstić information content (AvgIpc) is 3.51. The number of H-pyrrole nitrogens is 2. The van der Waals surface area contributed by atoms with Crippen LogP contribution in [0.15, 0.2) is 28.6 Å². The van der Waals surface area contributed by atoms with Crippen molar-refractivity contribution >= 4 is 28.1 Å². The van der Waals surface area contributed by atoms with Crippen molar-refractivity contribution in [3.63, 3.8) is 0 Å². The molecule has 4 atom stereocenters. The van der Waals surface area contributed by atoms with Crippen LogP contribution in [0.5, 0.6) is 0 Å². The van der Waals surface area contributed by atoms with Crippen molar-refractivity contribution in [3.8, 4) is 0 Å². The zero-order chi connectivity index (χ0) is 23.7. The van der Waals surface area contributed by atoms with Gasteiger partial charge < -0.3 is 30.8 Å². The van der Waals surface area contributed by atoms with E-state index in [0.717, 1.165) is 6.42 Å². The first kappa shape index (κ1) is 22.5. The largest absolute Gasteiger partial charge is 0.394 e. The van der Waals surface area contributed by atoms with E-state index < -0.39 is 42.4 Å². The molecule has 5 rings (SSSR count). The molecule has 0 radical (unpaired) electrons. The maximum atomic E-state index is 11.4. The Bertz CT molecular complexity index is 1380. The number of aliphatic hydroxyl groups excluding tert-OH is 3. The molecule has 4 aromatic heterocycles. The highest BCUT2D eigenvalue weighted by Gasteiger charge is 2.43. The molecule has 7 N–H and O–H groups in total. The zero-order valence-electron chi connectivity index (χ0n) is 17.5. The maximum absolute atomic E-state index is 11.4. The average molecular weight is 461 g/mol. The van der Waals surface area contributed by atoms with Crippen LogP contribution in [0.2, 0.25) is 0 Å². The number of nitrogens with zero attached hydrogens (tertiary/aromatic N) is 6. The van der Waals surface area contributed by atoms with Gasteiger partial charge in [0.25, 0.3) is 5.56 Å². The fourth-order valence-corrected chi connectivity index (χ4v) is 3.58. The van der Waals surface area contributed by atoms with Crippen molar-refractivity contribution in [3.05, 3.63) is 39.8 Å². The monoisotopic (exact) mass is 461 g/mol. The minimum atomic E-state index is -1.19. The van der Waals surface area contributed by atoms with Gasteiger partial charge in [-0.2, -0.15) is 0 Å². The second kappa shape index (κ2) is 9.07. The Morgan fingerprint density at radius 1 is 1.15 bits per heavy atom. The SMILES string of the molecule is CCCn1c(=O)[nH]c(=O)c2[nH]cnc21.Nc1ncnc2c1ncn2[C@@H]1O[C@H](CO)[C@@H](O)[C@H]1O. The highest BCUT2D eigenvalue weighted by atomic mass is 16.6. The highest BCUT2D eigenvalue weighted by Crippen LogP contribution is 2.31. The Morgan fingerprint density at radius 3 is 2.64 bits per heavy atom. The summed E-state index contributed by atoms with van der Waals surface area (Å²) >= 11 is 0. The third-order valence-corrected chi connectivity index (χ3v) is 5.19. The summed E-state index contributed by atoms with van der Waals surface area (Å²) in [6.45, 7) is 2.12. The van der Waals surface area contributed by atoms with Crippen molar-refractivity contribution in [2.75, 3.05) is 12.3 Å². The number of aryl methyl sites for hydroxylation is 1. The third-order valence-electron chi connectivity index (χ3n) is 5.19. The smallest absolute Gasteiger partial charge is 0.330 e. The van der Waals surface area contributed by atoms with Crippen molar-refractivity contribution < 1.29 is 20.1 Å². The third kappa shape index (κ3) is 3.97. The first-order chi connectivity index (χ1) is 15.9. The van der Waals surface area contributed by atoms with Crippen LogP contribution in [-0.2, 0) is 11.3 Å². The molecule has 5 heterocycles. The van der Waals surface area contributed by atoms with E-state index in [-0.39, 0.29) is 5.82 Å². The van der Waals surface area contributed by atoms with Crippen LogP contribution in [0.4, 0.5) is 5.82 Å². The maximum Gasteiger partial charge on any atom is 0.330 e. The van der Waals surface area contributed by atoms with E-state index in [2.05, 4.69) is 29.9 Å². The van der Waals surface area contributed by atoms with Crippen LogP contribution < -0.4 is 17.0 Å². The van der Waals surface area contributed by atoms with E-state index in [1.165, 1.54) is 28.1 Å². The number of rotatable bonds is 4. The summed E-state index contributed by atoms with van der Waals surface area (Å²) in [5, 5.41) is 28.7. The summed E-state index contributed by atoms with van der Waals surface area (Å²) in [6.07, 6.45) is 0.799. The number of fused-ring (bicyclic) bond motifs is 2. The number of aromatic amines is 2. The van der Waals surface area contributed by atoms with Crippen molar-refractivity contribution in [1.82, 2.24) is 39.0 Å². The number of nitrogen functional groups attached to an aromatic ring is 1. The topological polar surface area (TPSA) is 223 Å². The van der Waals surface area contributed by atoms with E-state index >= 15 is 0 Å². The van der Waals surface area contributed by atoms with Gasteiger partial charge in [-0.1, -0.05) is 6.92 Å². The number of imidazole rings is 2. The molecule has 176 valence electrons. The Hall–Kier alpha value is -3.66. The quantitative estimate of drug-likeness (QED) is 0.192. The normalized spacial score (nSPS) is 22.5. The van der Waals surface area contributed by atoms with Crippen molar-refractivity contribution in [2.24, 2.45) is 0 Å². The zero-order valence-corrected chi connectivity index (χ0v) is 17.5. The van der Waals surface area contributed by atoms with E-state index in [9.17, 15) is 19.8 Å². The lowest BCUT2D eigenvalue weighted by atomic mass is 10.1. The van der Waals surface area contributed by atoms with E-state index in [0.29, 0.717) is 28.9 Å². The van der Waals surface area contributed by atoms with Crippen LogP contribution in [0, 0.1) is 0 Å². The predicted molar refractivity (Wildman–Crippen MR) is 114 cm³/mol. The molecule has 15 heteroatoms. The minimum Gasteiger partial charge on any atom is -0.394 e. The van der Waals surface area contributed by atoms with E-state index in [1.54, 1.807) is 0 Å². The molecular formula is C18H23N9O6. The minimum absolute atomic E-state index is 0.218. The van der Waals surface area contributed by atoms with Gasteiger partial charge >= 0.3 is 5.69 Å².